The number of carbonyl (C=O) groups excluding carboxylic acids is 1. The zero-order valence-electron chi connectivity index (χ0n) is 4.83. The van der Waals surface area contributed by atoms with Crippen molar-refractivity contribution < 1.29 is 17.9 Å². The van der Waals surface area contributed by atoms with Gasteiger partial charge in [0.15, 0.2) is 0 Å². The molecule has 0 N–H and O–H groups in total. The molecule has 0 bridgehead atoms. The van der Waals surface area contributed by atoms with Crippen LogP contribution >= 0.6 is 0 Å². The summed E-state index contributed by atoms with van der Waals surface area (Å²) in [6.07, 6.45) is 0.174. The summed E-state index contributed by atoms with van der Waals surface area (Å²) in [5, 5.41) is 0. The van der Waals surface area contributed by atoms with Gasteiger partial charge in [-0.2, -0.15) is 8.42 Å². The first-order chi connectivity index (χ1) is 4.16. The zero-order chi connectivity index (χ0) is 7.28. The lowest BCUT2D eigenvalue weighted by Gasteiger charge is -1.87. The minimum atomic E-state index is -2.41. The molecule has 0 aromatic rings. The Hall–Kier alpha value is -0.840. The molecule has 0 radical (unpaired) electrons. The molecular formula is C4H6O4S. The topological polar surface area (TPSA) is 60.4 Å². The van der Waals surface area contributed by atoms with E-state index < -0.39 is 16.3 Å². The van der Waals surface area contributed by atoms with E-state index in [4.69, 9.17) is 0 Å². The van der Waals surface area contributed by atoms with Gasteiger partial charge in [-0.3, -0.25) is 4.79 Å². The largest absolute Gasteiger partial charge is 0.418 e. The Morgan fingerprint density at radius 3 is 2.56 bits per heavy atom. The molecule has 4 nitrogen and oxygen atoms in total. The standard InChI is InChI=1S/C4H6O4S/c1-2-4(5)8-3-9(6)7/h3H,2H2,1H3. The van der Waals surface area contributed by atoms with Crippen LogP contribution in [0.5, 0.6) is 0 Å². The molecule has 0 aliphatic rings. The van der Waals surface area contributed by atoms with E-state index >= 15 is 0 Å². The molecule has 0 saturated carbocycles. The van der Waals surface area contributed by atoms with Crippen LogP contribution < -0.4 is 0 Å². The van der Waals surface area contributed by atoms with E-state index in [1.807, 2.05) is 0 Å². The highest BCUT2D eigenvalue weighted by Gasteiger charge is 1.92. The summed E-state index contributed by atoms with van der Waals surface area (Å²) >= 11 is 0. The van der Waals surface area contributed by atoms with Gasteiger partial charge in [0.25, 0.3) is 0 Å². The van der Waals surface area contributed by atoms with Crippen LogP contribution in [-0.2, 0) is 19.8 Å². The van der Waals surface area contributed by atoms with Crippen molar-refractivity contribution in [2.75, 3.05) is 0 Å². The Morgan fingerprint density at radius 1 is 1.67 bits per heavy atom. The van der Waals surface area contributed by atoms with Gasteiger partial charge in [0, 0.05) is 6.42 Å². The van der Waals surface area contributed by atoms with Crippen molar-refractivity contribution in [3.63, 3.8) is 0 Å². The molecule has 0 fully saturated rings. The van der Waals surface area contributed by atoms with Gasteiger partial charge in [-0.1, -0.05) is 6.92 Å². The normalized spacial score (nSPS) is 8.11. The third-order valence-corrected chi connectivity index (χ3v) is 0.800. The Balaban J connectivity index is 3.78. The van der Waals surface area contributed by atoms with E-state index in [9.17, 15) is 13.2 Å². The third-order valence-electron chi connectivity index (χ3n) is 0.547. The molecule has 0 aliphatic carbocycles. The first kappa shape index (κ1) is 8.16. The molecule has 0 aromatic carbocycles. The van der Waals surface area contributed by atoms with E-state index in [0.717, 1.165) is 0 Å². The van der Waals surface area contributed by atoms with Gasteiger partial charge in [-0.25, -0.2) is 0 Å². The first-order valence-corrected chi connectivity index (χ1v) is 3.41. The van der Waals surface area contributed by atoms with E-state index in [2.05, 4.69) is 4.74 Å². The zero-order valence-corrected chi connectivity index (χ0v) is 5.64. The highest BCUT2D eigenvalue weighted by molar-refractivity contribution is 7.71. The fraction of sp³-hybridized carbons (Fsp3) is 0.500. The van der Waals surface area contributed by atoms with Gasteiger partial charge in [0.1, 0.15) is 0 Å². The molecule has 0 unspecified atom stereocenters. The van der Waals surface area contributed by atoms with Crippen molar-refractivity contribution in [1.82, 2.24) is 0 Å². The fourth-order valence-corrected chi connectivity index (χ4v) is 0.362. The number of ether oxygens (including phenoxy) is 1. The predicted octanol–water partition coefficient (Wildman–Crippen LogP) is -0.422. The second-order valence-electron chi connectivity index (χ2n) is 1.20. The predicted molar refractivity (Wildman–Crippen MR) is 31.4 cm³/mol. The molecule has 9 heavy (non-hydrogen) atoms. The molecule has 52 valence electrons. The molecule has 5 heteroatoms. The van der Waals surface area contributed by atoms with Crippen LogP contribution in [0.4, 0.5) is 0 Å². The lowest BCUT2D eigenvalue weighted by Crippen LogP contribution is -1.99. The molecular weight excluding hydrogens is 144 g/mol. The van der Waals surface area contributed by atoms with Gasteiger partial charge in [0.05, 0.1) is 0 Å². The van der Waals surface area contributed by atoms with Crippen molar-refractivity contribution in [1.29, 1.82) is 0 Å². The van der Waals surface area contributed by atoms with Gasteiger partial charge in [-0.05, 0) is 0 Å². The van der Waals surface area contributed by atoms with Crippen LogP contribution in [0.3, 0.4) is 0 Å². The molecule has 0 aromatic heterocycles. The van der Waals surface area contributed by atoms with E-state index in [0.29, 0.717) is 5.55 Å². The van der Waals surface area contributed by atoms with Gasteiger partial charge >= 0.3 is 5.97 Å². The minimum absolute atomic E-state index is 0.174. The highest BCUT2D eigenvalue weighted by atomic mass is 32.2. The summed E-state index contributed by atoms with van der Waals surface area (Å²) in [7, 11) is -2.41. The number of hydrogen-bond acceptors (Lipinski definition) is 4. The lowest BCUT2D eigenvalue weighted by atomic mass is 10.5. The van der Waals surface area contributed by atoms with Crippen molar-refractivity contribution in [3.05, 3.63) is 0 Å². The summed E-state index contributed by atoms with van der Waals surface area (Å²) < 4.78 is 23.4. The summed E-state index contributed by atoms with van der Waals surface area (Å²) in [5.74, 6) is -0.556. The smallest absolute Gasteiger partial charge is 0.311 e. The summed E-state index contributed by atoms with van der Waals surface area (Å²) in [4.78, 5) is 10.2. The monoisotopic (exact) mass is 150 g/mol. The SMILES string of the molecule is CCC(=O)OC=S(=O)=O. The van der Waals surface area contributed by atoms with Gasteiger partial charge in [-0.15, -0.1) is 0 Å². The Labute approximate surface area is 54.0 Å². The van der Waals surface area contributed by atoms with Crippen LogP contribution in [-0.4, -0.2) is 19.9 Å². The average Bonchev–Trinajstić information content (AvgIpc) is 1.83. The number of carbonyl (C=O) groups is 1. The summed E-state index contributed by atoms with van der Waals surface area (Å²) in [5.41, 5.74) is 0.464. The Kier molecular flexibility index (Phi) is 3.70. The second-order valence-corrected chi connectivity index (χ2v) is 1.91. The number of esters is 1. The Morgan fingerprint density at radius 2 is 2.22 bits per heavy atom. The van der Waals surface area contributed by atoms with E-state index in [1.54, 1.807) is 6.92 Å². The summed E-state index contributed by atoms with van der Waals surface area (Å²) in [6, 6.07) is 0. The van der Waals surface area contributed by atoms with Crippen molar-refractivity contribution in [2.24, 2.45) is 0 Å². The molecule has 0 saturated heterocycles. The summed E-state index contributed by atoms with van der Waals surface area (Å²) in [6.45, 7) is 1.57. The van der Waals surface area contributed by atoms with E-state index in [1.165, 1.54) is 0 Å². The van der Waals surface area contributed by atoms with Crippen LogP contribution in [0.15, 0.2) is 0 Å². The van der Waals surface area contributed by atoms with E-state index in [-0.39, 0.29) is 6.42 Å². The van der Waals surface area contributed by atoms with Gasteiger partial charge < -0.3 is 4.74 Å². The lowest BCUT2D eigenvalue weighted by molar-refractivity contribution is -0.134. The quantitative estimate of drug-likeness (QED) is 0.396. The fourth-order valence-electron chi connectivity index (χ4n) is 0.176. The molecule has 0 rings (SSSR count). The maximum atomic E-state index is 10.2. The second kappa shape index (κ2) is 4.08. The van der Waals surface area contributed by atoms with Gasteiger partial charge in [0.2, 0.25) is 15.8 Å². The average molecular weight is 150 g/mol. The third kappa shape index (κ3) is 5.02. The van der Waals surface area contributed by atoms with Crippen LogP contribution in [0.2, 0.25) is 0 Å². The molecule has 0 spiro atoms. The molecule has 0 atom stereocenters. The number of rotatable bonds is 2. The first-order valence-electron chi connectivity index (χ1n) is 2.27. The Bertz CT molecular complexity index is 205. The van der Waals surface area contributed by atoms with Crippen molar-refractivity contribution >= 4 is 21.8 Å². The van der Waals surface area contributed by atoms with Crippen molar-refractivity contribution in [2.45, 2.75) is 13.3 Å². The van der Waals surface area contributed by atoms with Crippen LogP contribution in [0.1, 0.15) is 13.3 Å². The van der Waals surface area contributed by atoms with Crippen molar-refractivity contribution in [3.8, 4) is 0 Å². The molecule has 0 aliphatic heterocycles. The maximum Gasteiger partial charge on any atom is 0.311 e. The highest BCUT2D eigenvalue weighted by Crippen LogP contribution is 1.78. The van der Waals surface area contributed by atoms with Crippen LogP contribution in [0.25, 0.3) is 0 Å². The molecule has 0 amide bonds. The number of hydrogen-bond donors (Lipinski definition) is 0. The van der Waals surface area contributed by atoms with Crippen LogP contribution in [0, 0.1) is 0 Å². The minimum Gasteiger partial charge on any atom is -0.418 e. The maximum absolute atomic E-state index is 10.2. The molecule has 0 heterocycles.